The van der Waals surface area contributed by atoms with Crippen molar-refractivity contribution < 1.29 is 0 Å². The molecule has 2 N–H and O–H groups in total. The van der Waals surface area contributed by atoms with Crippen LogP contribution < -0.4 is 15.5 Å². The van der Waals surface area contributed by atoms with Crippen LogP contribution in [0.3, 0.4) is 0 Å². The number of rotatable bonds is 7. The van der Waals surface area contributed by atoms with Crippen LogP contribution in [0.25, 0.3) is 0 Å². The van der Waals surface area contributed by atoms with Gasteiger partial charge in [-0.25, -0.2) is 0 Å². The van der Waals surface area contributed by atoms with Crippen molar-refractivity contribution in [2.24, 2.45) is 10.9 Å². The number of guanidine groups is 1. The fraction of sp³-hybridized carbons (Fsp3) is 0.667. The third-order valence-corrected chi connectivity index (χ3v) is 5.54. The lowest BCUT2D eigenvalue weighted by Gasteiger charge is -2.24. The molecule has 3 rings (SSSR count). The molecular weight excluding hydrogens is 449 g/mol. The van der Waals surface area contributed by atoms with Crippen molar-refractivity contribution in [1.82, 2.24) is 15.5 Å². The molecule has 6 heteroatoms. The average molecular weight is 485 g/mol. The first-order valence-corrected chi connectivity index (χ1v) is 10.1. The fourth-order valence-electron chi connectivity index (χ4n) is 3.78. The molecule has 2 unspecified atom stereocenters. The molecule has 1 aromatic carbocycles. The summed E-state index contributed by atoms with van der Waals surface area (Å²) in [7, 11) is 4.35. The normalized spacial score (nSPS) is 21.1. The summed E-state index contributed by atoms with van der Waals surface area (Å²) < 4.78 is 0. The van der Waals surface area contributed by atoms with Crippen LogP contribution in [-0.4, -0.2) is 63.2 Å². The van der Waals surface area contributed by atoms with Gasteiger partial charge in [0.05, 0.1) is 6.54 Å². The van der Waals surface area contributed by atoms with Crippen LogP contribution in [0.2, 0.25) is 0 Å². The number of hydrogen-bond donors (Lipinski definition) is 2. The van der Waals surface area contributed by atoms with Gasteiger partial charge in [-0.15, -0.1) is 24.0 Å². The van der Waals surface area contributed by atoms with E-state index in [2.05, 4.69) is 72.6 Å². The number of nitrogens with zero attached hydrogens (tertiary/aromatic N) is 3. The van der Waals surface area contributed by atoms with Gasteiger partial charge in [-0.05, 0) is 65.3 Å². The second-order valence-corrected chi connectivity index (χ2v) is 8.00. The molecule has 0 amide bonds. The minimum absolute atomic E-state index is 0. The number of hydrogen-bond acceptors (Lipinski definition) is 3. The number of nitrogens with one attached hydrogen (secondary N) is 2. The maximum absolute atomic E-state index is 4.90. The monoisotopic (exact) mass is 485 g/mol. The highest BCUT2D eigenvalue weighted by atomic mass is 127. The Labute approximate surface area is 182 Å². The van der Waals surface area contributed by atoms with E-state index in [-0.39, 0.29) is 24.0 Å². The number of aliphatic imine (C=N–C) groups is 1. The van der Waals surface area contributed by atoms with Gasteiger partial charge in [0.15, 0.2) is 5.96 Å². The maximum Gasteiger partial charge on any atom is 0.191 e. The van der Waals surface area contributed by atoms with Crippen LogP contribution in [-0.2, 0) is 0 Å². The van der Waals surface area contributed by atoms with Crippen LogP contribution in [0.5, 0.6) is 0 Å². The lowest BCUT2D eigenvalue weighted by atomic mass is 10.2. The van der Waals surface area contributed by atoms with Gasteiger partial charge in [-0.2, -0.15) is 0 Å². The Morgan fingerprint density at radius 1 is 1.22 bits per heavy atom. The molecular formula is C21H36IN5. The highest BCUT2D eigenvalue weighted by molar-refractivity contribution is 14.0. The largest absolute Gasteiger partial charge is 0.369 e. The molecule has 0 spiro atoms. The Balaban J connectivity index is 0.00000261. The number of halogens is 1. The third-order valence-electron chi connectivity index (χ3n) is 5.54. The highest BCUT2D eigenvalue weighted by Gasteiger charge is 2.32. The van der Waals surface area contributed by atoms with Gasteiger partial charge in [0.2, 0.25) is 0 Å². The smallest absolute Gasteiger partial charge is 0.191 e. The Hall–Kier alpha value is -1.02. The Morgan fingerprint density at radius 2 is 1.93 bits per heavy atom. The molecule has 1 saturated carbocycles. The van der Waals surface area contributed by atoms with E-state index in [1.165, 1.54) is 24.1 Å². The second kappa shape index (κ2) is 10.5. The zero-order chi connectivity index (χ0) is 18.5. The SMILES string of the molecule is CCNC(=NCC(C1CC1)N(C)C)NC1CCN(c2ccc(C)cc2)C1.I. The molecule has 2 aliphatic rings. The lowest BCUT2D eigenvalue weighted by molar-refractivity contribution is 0.271. The molecule has 1 aromatic rings. The first kappa shape index (κ1) is 22.3. The fourth-order valence-corrected chi connectivity index (χ4v) is 3.78. The molecule has 1 aliphatic heterocycles. The molecule has 1 saturated heterocycles. The van der Waals surface area contributed by atoms with Gasteiger partial charge in [0.1, 0.15) is 0 Å². The van der Waals surface area contributed by atoms with E-state index < -0.39 is 0 Å². The van der Waals surface area contributed by atoms with Gasteiger partial charge in [0.25, 0.3) is 0 Å². The molecule has 152 valence electrons. The van der Waals surface area contributed by atoms with Gasteiger partial charge in [-0.3, -0.25) is 4.99 Å². The first-order valence-electron chi connectivity index (χ1n) is 10.1. The predicted molar refractivity (Wildman–Crippen MR) is 127 cm³/mol. The van der Waals surface area contributed by atoms with Crippen molar-refractivity contribution >= 4 is 35.6 Å². The van der Waals surface area contributed by atoms with Gasteiger partial charge < -0.3 is 20.4 Å². The zero-order valence-electron chi connectivity index (χ0n) is 17.2. The molecule has 0 bridgehead atoms. The number of benzene rings is 1. The highest BCUT2D eigenvalue weighted by Crippen LogP contribution is 2.34. The molecule has 0 aromatic heterocycles. The molecule has 5 nitrogen and oxygen atoms in total. The van der Waals surface area contributed by atoms with Gasteiger partial charge in [-0.1, -0.05) is 17.7 Å². The van der Waals surface area contributed by atoms with E-state index in [1.54, 1.807) is 0 Å². The Bertz CT molecular complexity index is 595. The molecule has 0 radical (unpaired) electrons. The summed E-state index contributed by atoms with van der Waals surface area (Å²) in [5, 5.41) is 7.09. The van der Waals surface area contributed by atoms with E-state index in [4.69, 9.17) is 4.99 Å². The summed E-state index contributed by atoms with van der Waals surface area (Å²) in [5.74, 6) is 1.80. The van der Waals surface area contributed by atoms with E-state index in [9.17, 15) is 0 Å². The second-order valence-electron chi connectivity index (χ2n) is 8.00. The van der Waals surface area contributed by atoms with Crippen molar-refractivity contribution in [1.29, 1.82) is 0 Å². The molecule has 1 aliphatic carbocycles. The number of anilines is 1. The van der Waals surface area contributed by atoms with Crippen molar-refractivity contribution in [2.45, 2.75) is 45.2 Å². The molecule has 27 heavy (non-hydrogen) atoms. The Morgan fingerprint density at radius 3 is 2.52 bits per heavy atom. The third kappa shape index (κ3) is 6.52. The maximum atomic E-state index is 4.90. The van der Waals surface area contributed by atoms with E-state index in [0.717, 1.165) is 44.5 Å². The van der Waals surface area contributed by atoms with Crippen molar-refractivity contribution in [3.63, 3.8) is 0 Å². The predicted octanol–water partition coefficient (Wildman–Crippen LogP) is 3.09. The van der Waals surface area contributed by atoms with Crippen molar-refractivity contribution in [3.8, 4) is 0 Å². The molecule has 2 atom stereocenters. The first-order chi connectivity index (χ1) is 12.6. The summed E-state index contributed by atoms with van der Waals surface area (Å²) in [6.45, 7) is 8.18. The lowest BCUT2D eigenvalue weighted by Crippen LogP contribution is -2.45. The quantitative estimate of drug-likeness (QED) is 0.354. The topological polar surface area (TPSA) is 42.9 Å². The molecule has 1 heterocycles. The number of likely N-dealkylation sites (N-methyl/N-ethyl adjacent to an activating group) is 1. The number of aryl methyl sites for hydroxylation is 1. The van der Waals surface area contributed by atoms with Crippen LogP contribution in [0.1, 0.15) is 31.7 Å². The summed E-state index contributed by atoms with van der Waals surface area (Å²) in [4.78, 5) is 9.70. The van der Waals surface area contributed by atoms with Crippen LogP contribution >= 0.6 is 24.0 Å². The minimum atomic E-state index is 0. The van der Waals surface area contributed by atoms with E-state index >= 15 is 0 Å². The van der Waals surface area contributed by atoms with Crippen molar-refractivity contribution in [3.05, 3.63) is 29.8 Å². The van der Waals surface area contributed by atoms with Gasteiger partial charge in [0, 0.05) is 37.4 Å². The summed E-state index contributed by atoms with van der Waals surface area (Å²) in [6.07, 6.45) is 3.87. The van der Waals surface area contributed by atoms with Crippen LogP contribution in [0.4, 0.5) is 5.69 Å². The minimum Gasteiger partial charge on any atom is -0.369 e. The van der Waals surface area contributed by atoms with Crippen LogP contribution in [0.15, 0.2) is 29.3 Å². The Kier molecular flexibility index (Phi) is 8.66. The summed E-state index contributed by atoms with van der Waals surface area (Å²) in [5.41, 5.74) is 2.64. The standard InChI is InChI=1S/C21H35N5.HI/c1-5-22-21(23-14-20(25(3)4)17-8-9-17)24-18-12-13-26(15-18)19-10-6-16(2)7-11-19;/h6-7,10-11,17-18,20H,5,8-9,12-15H2,1-4H3,(H2,22,23,24);1H. The average Bonchev–Trinajstić information content (AvgIpc) is 3.34. The molecule has 2 fully saturated rings. The van der Waals surface area contributed by atoms with Crippen molar-refractivity contribution in [2.75, 3.05) is 45.2 Å². The van der Waals surface area contributed by atoms with Crippen LogP contribution in [0, 0.1) is 12.8 Å². The van der Waals surface area contributed by atoms with E-state index in [0.29, 0.717) is 12.1 Å². The zero-order valence-corrected chi connectivity index (χ0v) is 19.6. The summed E-state index contributed by atoms with van der Waals surface area (Å²) in [6, 6.07) is 9.87. The van der Waals surface area contributed by atoms with Gasteiger partial charge >= 0.3 is 0 Å². The summed E-state index contributed by atoms with van der Waals surface area (Å²) >= 11 is 0. The van der Waals surface area contributed by atoms with E-state index in [1.807, 2.05) is 0 Å².